The van der Waals surface area contributed by atoms with Gasteiger partial charge in [-0.3, -0.25) is 4.57 Å². The van der Waals surface area contributed by atoms with E-state index in [2.05, 4.69) is 25.8 Å². The lowest BCUT2D eigenvalue weighted by Crippen LogP contribution is -2.44. The molecule has 0 bridgehead atoms. The van der Waals surface area contributed by atoms with Crippen molar-refractivity contribution in [1.82, 2.24) is 30.2 Å². The molecule has 0 radical (unpaired) electrons. The van der Waals surface area contributed by atoms with E-state index in [9.17, 15) is 13.6 Å². The molecule has 2 aromatic carbocycles. The lowest BCUT2D eigenvalue weighted by molar-refractivity contribution is 0.122. The predicted molar refractivity (Wildman–Crippen MR) is 163 cm³/mol. The number of aromatic nitrogens is 4. The fraction of sp³-hybridized carbons (Fsp3) is 0.419. The number of halogens is 2. The summed E-state index contributed by atoms with van der Waals surface area (Å²) in [6.45, 7) is 2.82. The van der Waals surface area contributed by atoms with Crippen LogP contribution in [0.3, 0.4) is 0 Å². The number of methoxy groups -OCH3 is 1. The zero-order valence-electron chi connectivity index (χ0n) is 24.5. The van der Waals surface area contributed by atoms with E-state index in [4.69, 9.17) is 19.4 Å². The van der Waals surface area contributed by atoms with E-state index in [-0.39, 0.29) is 23.9 Å². The lowest BCUT2D eigenvalue weighted by atomic mass is 9.91. The Hall–Kier alpha value is -4.52. The third kappa shape index (κ3) is 6.83. The molecule has 0 unspecified atom stereocenters. The van der Waals surface area contributed by atoms with E-state index in [1.165, 1.54) is 4.57 Å². The molecule has 2 aliphatic rings. The fourth-order valence-corrected chi connectivity index (χ4v) is 5.71. The zero-order chi connectivity index (χ0) is 30.5. The molecule has 232 valence electrons. The number of ether oxygens (including phenoxy) is 2. The van der Waals surface area contributed by atoms with Crippen LogP contribution in [-0.2, 0) is 11.3 Å². The van der Waals surface area contributed by atoms with Gasteiger partial charge < -0.3 is 30.3 Å². The summed E-state index contributed by atoms with van der Waals surface area (Å²) in [4.78, 5) is 28.3. The van der Waals surface area contributed by atoms with E-state index in [1.807, 2.05) is 24.3 Å². The number of benzene rings is 2. The second-order valence-corrected chi connectivity index (χ2v) is 11.0. The summed E-state index contributed by atoms with van der Waals surface area (Å²) in [7, 11) is 1.62. The van der Waals surface area contributed by atoms with Crippen LogP contribution in [0.25, 0.3) is 16.9 Å². The average Bonchev–Trinajstić information content (AvgIpc) is 3.46. The monoisotopic (exact) mass is 606 g/mol. The number of carbonyl (C=O) groups is 1. The number of hydrogen-bond acceptors (Lipinski definition) is 8. The highest BCUT2D eigenvalue weighted by atomic mass is 19.3. The van der Waals surface area contributed by atoms with Crippen LogP contribution in [0.5, 0.6) is 5.75 Å². The van der Waals surface area contributed by atoms with Crippen LogP contribution >= 0.6 is 0 Å². The van der Waals surface area contributed by atoms with Gasteiger partial charge in [-0.15, -0.1) is 0 Å². The Balaban J connectivity index is 1.13. The number of nitrogens with one attached hydrogen (secondary N) is 3. The number of nitrogens with zero attached hydrogens (tertiary/aromatic N) is 5. The molecular weight excluding hydrogens is 570 g/mol. The molecule has 13 heteroatoms. The van der Waals surface area contributed by atoms with Gasteiger partial charge in [0.05, 0.1) is 31.4 Å². The Morgan fingerprint density at radius 3 is 2.41 bits per heavy atom. The number of alkyl halides is 2. The van der Waals surface area contributed by atoms with Crippen LogP contribution in [0.4, 0.5) is 25.3 Å². The van der Waals surface area contributed by atoms with Crippen molar-refractivity contribution in [2.75, 3.05) is 43.6 Å². The van der Waals surface area contributed by atoms with Crippen molar-refractivity contribution in [3.05, 3.63) is 66.0 Å². The number of amides is 2. The minimum atomic E-state index is -2.78. The fourth-order valence-electron chi connectivity index (χ4n) is 5.71. The number of anilines is 2. The van der Waals surface area contributed by atoms with Crippen LogP contribution < -0.4 is 25.6 Å². The van der Waals surface area contributed by atoms with Crippen LogP contribution in [0, 0.1) is 0 Å². The van der Waals surface area contributed by atoms with Gasteiger partial charge in [0.25, 0.3) is 6.43 Å². The van der Waals surface area contributed by atoms with E-state index >= 15 is 0 Å². The average molecular weight is 607 g/mol. The summed E-state index contributed by atoms with van der Waals surface area (Å²) in [5, 5.41) is 9.44. The largest absolute Gasteiger partial charge is 0.497 e. The van der Waals surface area contributed by atoms with Crippen LogP contribution in [0.1, 0.15) is 43.5 Å². The maximum Gasteiger partial charge on any atom is 0.315 e. The maximum absolute atomic E-state index is 14.2. The summed E-state index contributed by atoms with van der Waals surface area (Å²) in [6, 6.07) is 16.3. The molecule has 1 saturated heterocycles. The Bertz CT molecular complexity index is 1570. The first-order valence-corrected chi connectivity index (χ1v) is 14.9. The molecule has 1 aliphatic carbocycles. The Morgan fingerprint density at radius 1 is 0.977 bits per heavy atom. The first-order valence-electron chi connectivity index (χ1n) is 14.9. The Labute approximate surface area is 254 Å². The maximum atomic E-state index is 14.2. The number of fused-ring (bicyclic) bond motifs is 1. The van der Waals surface area contributed by atoms with Gasteiger partial charge >= 0.3 is 6.03 Å². The highest BCUT2D eigenvalue weighted by molar-refractivity contribution is 5.78. The van der Waals surface area contributed by atoms with Gasteiger partial charge in [-0.25, -0.2) is 18.6 Å². The van der Waals surface area contributed by atoms with E-state index in [1.54, 1.807) is 37.4 Å². The molecule has 1 saturated carbocycles. The third-order valence-electron chi connectivity index (χ3n) is 8.05. The van der Waals surface area contributed by atoms with E-state index < -0.39 is 6.43 Å². The van der Waals surface area contributed by atoms with Crippen molar-refractivity contribution in [2.24, 2.45) is 0 Å². The molecule has 1 aliphatic heterocycles. The standard InChI is InChI=1S/C31H36F2N8O3/c1-43-23-12-6-20(7-13-23)19-34-31(42)36-22-10-8-21(9-11-22)35-30-38-26(40-14-16-44-17-15-40)18-27(39-30)41-25-5-3-2-4-24(25)37-29(41)28(32)33/h2-7,12-13,18,21-22,28H,8-11,14-17,19H2,1H3,(H2,34,36,42)(H,35,38,39). The topological polar surface area (TPSA) is 118 Å². The van der Waals surface area contributed by atoms with Crippen LogP contribution in [-0.4, -0.2) is 71.0 Å². The SMILES string of the molecule is COc1ccc(CNC(=O)NC2CCC(Nc3nc(N4CCOCC4)cc(-n4c(C(F)F)nc5ccccc54)n3)CC2)cc1. The highest BCUT2D eigenvalue weighted by Crippen LogP contribution is 2.30. The van der Waals surface area contributed by atoms with Gasteiger partial charge in [-0.1, -0.05) is 24.3 Å². The summed E-state index contributed by atoms with van der Waals surface area (Å²) < 4.78 is 40.4. The van der Waals surface area contributed by atoms with E-state index in [0.29, 0.717) is 61.5 Å². The number of carbonyl (C=O) groups excluding carboxylic acids is 1. The number of para-hydroxylation sites is 2. The van der Waals surface area contributed by atoms with Crippen molar-refractivity contribution in [2.45, 2.75) is 50.7 Å². The summed E-state index contributed by atoms with van der Waals surface area (Å²) in [5.41, 5.74) is 2.01. The van der Waals surface area contributed by atoms with Gasteiger partial charge in [-0.2, -0.15) is 9.97 Å². The van der Waals surface area contributed by atoms with Crippen LogP contribution in [0.2, 0.25) is 0 Å². The third-order valence-corrected chi connectivity index (χ3v) is 8.05. The molecule has 0 spiro atoms. The molecule has 0 atom stereocenters. The molecule has 4 aromatic rings. The zero-order valence-corrected chi connectivity index (χ0v) is 24.5. The van der Waals surface area contributed by atoms with Gasteiger partial charge in [-0.05, 0) is 55.5 Å². The molecule has 3 heterocycles. The van der Waals surface area contributed by atoms with Gasteiger partial charge in [0.1, 0.15) is 17.4 Å². The highest BCUT2D eigenvalue weighted by Gasteiger charge is 2.26. The minimum Gasteiger partial charge on any atom is -0.497 e. The quantitative estimate of drug-likeness (QED) is 0.248. The number of rotatable bonds is 9. The van der Waals surface area contributed by atoms with Gasteiger partial charge in [0.2, 0.25) is 5.95 Å². The molecule has 44 heavy (non-hydrogen) atoms. The first-order chi connectivity index (χ1) is 21.5. The van der Waals surface area contributed by atoms with E-state index in [0.717, 1.165) is 37.0 Å². The number of imidazole rings is 1. The normalized spacial score (nSPS) is 18.8. The lowest BCUT2D eigenvalue weighted by Gasteiger charge is -2.31. The molecule has 11 nitrogen and oxygen atoms in total. The van der Waals surface area contributed by atoms with Gasteiger partial charge in [0, 0.05) is 37.8 Å². The molecule has 2 amide bonds. The smallest absolute Gasteiger partial charge is 0.315 e. The molecule has 6 rings (SSSR count). The van der Waals surface area contributed by atoms with Crippen molar-refractivity contribution in [1.29, 1.82) is 0 Å². The first kappa shape index (κ1) is 29.5. The summed E-state index contributed by atoms with van der Waals surface area (Å²) >= 11 is 0. The molecule has 2 fully saturated rings. The minimum absolute atomic E-state index is 0.0472. The van der Waals surface area contributed by atoms with Gasteiger partial charge in [0.15, 0.2) is 5.82 Å². The summed E-state index contributed by atoms with van der Waals surface area (Å²) in [5.74, 6) is 1.75. The Kier molecular flexibility index (Phi) is 9.01. The number of morpholine rings is 1. The van der Waals surface area contributed by atoms with Crippen molar-refractivity contribution >= 4 is 28.8 Å². The summed E-state index contributed by atoms with van der Waals surface area (Å²) in [6.07, 6.45) is 0.369. The Morgan fingerprint density at radius 2 is 1.68 bits per heavy atom. The molecule has 2 aromatic heterocycles. The van der Waals surface area contributed by atoms with Crippen molar-refractivity contribution in [3.8, 4) is 11.6 Å². The van der Waals surface area contributed by atoms with Crippen LogP contribution in [0.15, 0.2) is 54.6 Å². The molecular formula is C31H36F2N8O3. The molecule has 3 N–H and O–H groups in total. The number of urea groups is 1. The predicted octanol–water partition coefficient (Wildman–Crippen LogP) is 4.82. The second-order valence-electron chi connectivity index (χ2n) is 11.0. The second kappa shape index (κ2) is 13.4. The van der Waals surface area contributed by atoms with Crippen molar-refractivity contribution < 1.29 is 23.0 Å². The van der Waals surface area contributed by atoms with Crippen molar-refractivity contribution in [3.63, 3.8) is 0 Å². The number of hydrogen-bond donors (Lipinski definition) is 3.